The van der Waals surface area contributed by atoms with Crippen LogP contribution in [0.5, 0.6) is 0 Å². The molecule has 0 atom stereocenters. The number of rotatable bonds is 7. The van der Waals surface area contributed by atoms with Gasteiger partial charge in [-0.2, -0.15) is 0 Å². The zero-order chi connectivity index (χ0) is 10.8. The van der Waals surface area contributed by atoms with Crippen LogP contribution in [-0.4, -0.2) is 18.0 Å². The summed E-state index contributed by atoms with van der Waals surface area (Å²) in [6.45, 7) is 4.30. The summed E-state index contributed by atoms with van der Waals surface area (Å²) in [5.74, 6) is 0. The zero-order valence-corrected chi connectivity index (χ0v) is 9.12. The predicted molar refractivity (Wildman–Crippen MR) is 59.1 cm³/mol. The van der Waals surface area contributed by atoms with Gasteiger partial charge >= 0.3 is 0 Å². The maximum Gasteiger partial charge on any atom is 0.142 e. The number of allylic oxidation sites excluding steroid dienone is 4. The Hall–Kier alpha value is -0.890. The minimum absolute atomic E-state index is 0.259. The van der Waals surface area contributed by atoms with Crippen LogP contribution < -0.4 is 0 Å². The van der Waals surface area contributed by atoms with Crippen molar-refractivity contribution in [3.63, 3.8) is 0 Å². The summed E-state index contributed by atoms with van der Waals surface area (Å²) in [5, 5.41) is 8.62. The Morgan fingerprint density at radius 3 is 2.50 bits per heavy atom. The number of aldehydes is 1. The molecule has 0 aromatic rings. The lowest BCUT2D eigenvalue weighted by atomic mass is 10.1. The van der Waals surface area contributed by atoms with E-state index >= 15 is 0 Å². The fraction of sp³-hybridized carbons (Fsp3) is 0.583. The number of hydrogen-bond acceptors (Lipinski definition) is 2. The molecular formula is C12H20O2. The Bertz CT molecular complexity index is 214. The molecular weight excluding hydrogens is 176 g/mol. The Kier molecular flexibility index (Phi) is 8.14. The van der Waals surface area contributed by atoms with Gasteiger partial charge in [-0.25, -0.2) is 0 Å². The molecule has 1 N–H and O–H groups in total. The molecule has 2 nitrogen and oxygen atoms in total. The third-order valence-corrected chi connectivity index (χ3v) is 2.11. The van der Waals surface area contributed by atoms with Crippen LogP contribution in [0.25, 0.3) is 0 Å². The molecule has 0 amide bonds. The summed E-state index contributed by atoms with van der Waals surface area (Å²) in [6.07, 6.45) is 8.34. The first-order chi connectivity index (χ1) is 6.70. The van der Waals surface area contributed by atoms with Gasteiger partial charge in [-0.3, -0.25) is 4.79 Å². The van der Waals surface area contributed by atoms with E-state index in [1.807, 2.05) is 6.92 Å². The third kappa shape index (κ3) is 7.74. The van der Waals surface area contributed by atoms with Crippen molar-refractivity contribution in [2.24, 2.45) is 0 Å². The summed E-state index contributed by atoms with van der Waals surface area (Å²) in [4.78, 5) is 10.1. The van der Waals surface area contributed by atoms with E-state index in [0.29, 0.717) is 0 Å². The molecule has 0 aliphatic heterocycles. The van der Waals surface area contributed by atoms with E-state index in [0.717, 1.165) is 37.5 Å². The fourth-order valence-electron chi connectivity index (χ4n) is 1.21. The van der Waals surface area contributed by atoms with Crippen LogP contribution in [0.2, 0.25) is 0 Å². The van der Waals surface area contributed by atoms with Crippen molar-refractivity contribution in [1.82, 2.24) is 0 Å². The van der Waals surface area contributed by atoms with Crippen LogP contribution in [0.3, 0.4) is 0 Å². The van der Waals surface area contributed by atoms with Crippen molar-refractivity contribution in [3.05, 3.63) is 23.3 Å². The molecule has 0 radical (unpaired) electrons. The van der Waals surface area contributed by atoms with Gasteiger partial charge in [-0.05, 0) is 45.6 Å². The minimum Gasteiger partial charge on any atom is -0.396 e. The highest BCUT2D eigenvalue weighted by molar-refractivity contribution is 5.65. The molecule has 0 heterocycles. The number of hydrogen-bond donors (Lipinski definition) is 1. The second-order valence-corrected chi connectivity index (χ2v) is 3.57. The van der Waals surface area contributed by atoms with Gasteiger partial charge in [0.05, 0.1) is 0 Å². The van der Waals surface area contributed by atoms with E-state index in [-0.39, 0.29) is 6.61 Å². The highest BCUT2D eigenvalue weighted by Gasteiger charge is 1.91. The van der Waals surface area contributed by atoms with Gasteiger partial charge in [0.2, 0.25) is 0 Å². The molecule has 0 aromatic carbocycles. The predicted octanol–water partition coefficient (Wildman–Crippen LogP) is 2.63. The van der Waals surface area contributed by atoms with Crippen molar-refractivity contribution in [3.8, 4) is 0 Å². The molecule has 80 valence electrons. The van der Waals surface area contributed by atoms with Crippen LogP contribution in [0.4, 0.5) is 0 Å². The molecule has 0 saturated carbocycles. The minimum atomic E-state index is 0.259. The van der Waals surface area contributed by atoms with Crippen molar-refractivity contribution in [2.75, 3.05) is 6.61 Å². The largest absolute Gasteiger partial charge is 0.396 e. The van der Waals surface area contributed by atoms with Gasteiger partial charge < -0.3 is 5.11 Å². The molecule has 2 heteroatoms. The summed E-state index contributed by atoms with van der Waals surface area (Å²) < 4.78 is 0. The first-order valence-corrected chi connectivity index (χ1v) is 5.08. The summed E-state index contributed by atoms with van der Waals surface area (Å²) >= 11 is 0. The van der Waals surface area contributed by atoms with Crippen molar-refractivity contribution in [1.29, 1.82) is 0 Å². The number of carbonyl (C=O) groups is 1. The van der Waals surface area contributed by atoms with Gasteiger partial charge in [0.1, 0.15) is 6.29 Å². The second kappa shape index (κ2) is 8.70. The number of aliphatic hydroxyl groups is 1. The Labute approximate surface area is 86.3 Å². The Balaban J connectivity index is 3.69. The molecule has 0 unspecified atom stereocenters. The Morgan fingerprint density at radius 2 is 1.93 bits per heavy atom. The molecule has 0 fully saturated rings. The summed E-state index contributed by atoms with van der Waals surface area (Å²) in [7, 11) is 0. The molecule has 0 saturated heterocycles. The first kappa shape index (κ1) is 13.1. The Morgan fingerprint density at radius 1 is 1.21 bits per heavy atom. The van der Waals surface area contributed by atoms with Crippen LogP contribution in [0.15, 0.2) is 23.3 Å². The standard InChI is InChI=1S/C12H20O2/c1-11(7-4-9-13)5-3-6-12(2)8-10-14/h5,8,10,13H,3-4,6-7,9H2,1-2H3/b11-5+,12-8+. The van der Waals surface area contributed by atoms with Gasteiger partial charge in [0.15, 0.2) is 0 Å². The lowest BCUT2D eigenvalue weighted by Gasteiger charge is -1.99. The molecule has 14 heavy (non-hydrogen) atoms. The highest BCUT2D eigenvalue weighted by Crippen LogP contribution is 2.09. The van der Waals surface area contributed by atoms with Crippen molar-refractivity contribution < 1.29 is 9.90 Å². The average molecular weight is 196 g/mol. The molecule has 0 aliphatic rings. The lowest BCUT2D eigenvalue weighted by Crippen LogP contribution is -1.84. The van der Waals surface area contributed by atoms with Gasteiger partial charge in [0, 0.05) is 6.61 Å². The van der Waals surface area contributed by atoms with Gasteiger partial charge in [0.25, 0.3) is 0 Å². The average Bonchev–Trinajstić information content (AvgIpc) is 2.15. The van der Waals surface area contributed by atoms with Crippen LogP contribution in [0, 0.1) is 0 Å². The van der Waals surface area contributed by atoms with Crippen LogP contribution in [0.1, 0.15) is 39.5 Å². The maximum atomic E-state index is 10.1. The van der Waals surface area contributed by atoms with E-state index in [9.17, 15) is 4.79 Å². The van der Waals surface area contributed by atoms with E-state index < -0.39 is 0 Å². The zero-order valence-electron chi connectivity index (χ0n) is 9.12. The van der Waals surface area contributed by atoms with Crippen molar-refractivity contribution >= 4 is 6.29 Å². The first-order valence-electron chi connectivity index (χ1n) is 5.08. The summed E-state index contributed by atoms with van der Waals surface area (Å²) in [6, 6.07) is 0. The molecule has 0 aromatic heterocycles. The summed E-state index contributed by atoms with van der Waals surface area (Å²) in [5.41, 5.74) is 2.43. The maximum absolute atomic E-state index is 10.1. The number of aliphatic hydroxyl groups excluding tert-OH is 1. The monoisotopic (exact) mass is 196 g/mol. The van der Waals surface area contributed by atoms with Gasteiger partial charge in [-0.15, -0.1) is 0 Å². The fourth-order valence-corrected chi connectivity index (χ4v) is 1.21. The third-order valence-electron chi connectivity index (χ3n) is 2.11. The van der Waals surface area contributed by atoms with E-state index in [1.54, 1.807) is 6.08 Å². The van der Waals surface area contributed by atoms with E-state index in [1.165, 1.54) is 5.57 Å². The van der Waals surface area contributed by atoms with Gasteiger partial charge in [-0.1, -0.05) is 17.2 Å². The molecule has 0 spiro atoms. The molecule has 0 bridgehead atoms. The van der Waals surface area contributed by atoms with Crippen LogP contribution >= 0.6 is 0 Å². The normalized spacial score (nSPS) is 13.1. The van der Waals surface area contributed by atoms with E-state index in [4.69, 9.17) is 5.11 Å². The quantitative estimate of drug-likeness (QED) is 0.386. The number of carbonyl (C=O) groups excluding carboxylic acids is 1. The SMILES string of the molecule is C/C(=C\C=O)CC/C=C(\C)CCCO. The highest BCUT2D eigenvalue weighted by atomic mass is 16.2. The molecule has 0 rings (SSSR count). The topological polar surface area (TPSA) is 37.3 Å². The van der Waals surface area contributed by atoms with E-state index in [2.05, 4.69) is 13.0 Å². The molecule has 0 aliphatic carbocycles. The van der Waals surface area contributed by atoms with Crippen LogP contribution in [-0.2, 0) is 4.79 Å². The smallest absolute Gasteiger partial charge is 0.142 e. The second-order valence-electron chi connectivity index (χ2n) is 3.57. The lowest BCUT2D eigenvalue weighted by molar-refractivity contribution is -0.104. The van der Waals surface area contributed by atoms with Crippen molar-refractivity contribution in [2.45, 2.75) is 39.5 Å².